The maximum absolute atomic E-state index is 2.74. The Morgan fingerprint density at radius 2 is 1.48 bits per heavy atom. The summed E-state index contributed by atoms with van der Waals surface area (Å²) in [5.41, 5.74) is 2.92. The average molecular weight is 306 g/mol. The zero-order valence-electron chi connectivity index (χ0n) is 13.9. The first-order valence-electron chi connectivity index (χ1n) is 8.80. The summed E-state index contributed by atoms with van der Waals surface area (Å²) in [7, 11) is 2.28. The lowest BCUT2D eigenvalue weighted by Crippen LogP contribution is -2.37. The molecular weight excluding hydrogens is 280 g/mol. The molecule has 0 N–H and O–H groups in total. The van der Waals surface area contributed by atoms with Crippen LogP contribution in [0.3, 0.4) is 0 Å². The number of fused-ring (bicyclic) bond motifs is 1. The minimum absolute atomic E-state index is 0.674. The highest BCUT2D eigenvalue weighted by Gasteiger charge is 2.45. The zero-order valence-corrected chi connectivity index (χ0v) is 13.9. The van der Waals surface area contributed by atoms with Gasteiger partial charge in [-0.25, -0.2) is 0 Å². The molecule has 4 rings (SSSR count). The molecule has 2 aromatic rings. The summed E-state index contributed by atoms with van der Waals surface area (Å²) in [6, 6.07) is 22.7. The van der Waals surface area contributed by atoms with Crippen LogP contribution in [0.2, 0.25) is 0 Å². The van der Waals surface area contributed by atoms with Crippen molar-refractivity contribution in [3.63, 3.8) is 0 Å². The van der Waals surface area contributed by atoms with E-state index in [0.717, 1.165) is 18.4 Å². The van der Waals surface area contributed by atoms with E-state index in [1.807, 2.05) is 0 Å². The summed E-state index contributed by atoms with van der Waals surface area (Å²) in [6.45, 7) is 4.87. The van der Waals surface area contributed by atoms with E-state index in [1.54, 1.807) is 0 Å². The normalized spacial score (nSPS) is 28.1. The van der Waals surface area contributed by atoms with Crippen molar-refractivity contribution in [2.24, 2.45) is 11.8 Å². The monoisotopic (exact) mass is 306 g/mol. The van der Waals surface area contributed by atoms with Crippen molar-refractivity contribution < 1.29 is 0 Å². The summed E-state index contributed by atoms with van der Waals surface area (Å²) in [5, 5.41) is 0. The lowest BCUT2D eigenvalue weighted by Gasteiger charge is -2.29. The molecule has 2 saturated heterocycles. The van der Waals surface area contributed by atoms with Gasteiger partial charge in [0.05, 0.1) is 0 Å². The smallest absolute Gasteiger partial charge is 0.0237 e. The van der Waals surface area contributed by atoms with Gasteiger partial charge < -0.3 is 4.90 Å². The van der Waals surface area contributed by atoms with Gasteiger partial charge in [-0.1, -0.05) is 60.7 Å². The Hall–Kier alpha value is -1.64. The maximum atomic E-state index is 2.74. The molecule has 2 nitrogen and oxygen atoms in total. The SMILES string of the molecule is CN1C[C@@H]2CN(Cc3ccccc3)[C@H](Cc3ccccc3)[C@@H]2C1. The van der Waals surface area contributed by atoms with Crippen LogP contribution in [0.25, 0.3) is 0 Å². The second kappa shape index (κ2) is 6.46. The molecule has 2 fully saturated rings. The minimum Gasteiger partial charge on any atom is -0.306 e. The van der Waals surface area contributed by atoms with Gasteiger partial charge in [-0.15, -0.1) is 0 Å². The Labute approximate surface area is 139 Å². The topological polar surface area (TPSA) is 6.48 Å². The first kappa shape index (κ1) is 14.9. The first-order chi connectivity index (χ1) is 11.3. The van der Waals surface area contributed by atoms with Crippen LogP contribution in [-0.2, 0) is 13.0 Å². The number of nitrogens with zero attached hydrogens (tertiary/aromatic N) is 2. The molecule has 2 aliphatic rings. The summed E-state index contributed by atoms with van der Waals surface area (Å²) in [5.74, 6) is 1.67. The van der Waals surface area contributed by atoms with Crippen molar-refractivity contribution in [1.82, 2.24) is 9.80 Å². The number of hydrogen-bond donors (Lipinski definition) is 0. The van der Waals surface area contributed by atoms with E-state index in [9.17, 15) is 0 Å². The molecule has 0 radical (unpaired) electrons. The first-order valence-corrected chi connectivity index (χ1v) is 8.80. The summed E-state index contributed by atoms with van der Waals surface area (Å²) >= 11 is 0. The van der Waals surface area contributed by atoms with Crippen LogP contribution < -0.4 is 0 Å². The molecule has 3 atom stereocenters. The van der Waals surface area contributed by atoms with E-state index in [1.165, 1.54) is 37.2 Å². The van der Waals surface area contributed by atoms with Crippen molar-refractivity contribution in [3.05, 3.63) is 71.8 Å². The Bertz CT molecular complexity index is 625. The van der Waals surface area contributed by atoms with Crippen molar-refractivity contribution in [2.45, 2.75) is 19.0 Å². The molecule has 120 valence electrons. The van der Waals surface area contributed by atoms with Gasteiger partial charge >= 0.3 is 0 Å². The molecule has 0 aliphatic carbocycles. The van der Waals surface area contributed by atoms with Gasteiger partial charge in [-0.2, -0.15) is 0 Å². The molecule has 2 aliphatic heterocycles. The molecule has 2 aromatic carbocycles. The maximum Gasteiger partial charge on any atom is 0.0237 e. The van der Waals surface area contributed by atoms with E-state index in [4.69, 9.17) is 0 Å². The fraction of sp³-hybridized carbons (Fsp3) is 0.429. The van der Waals surface area contributed by atoms with Crippen molar-refractivity contribution in [3.8, 4) is 0 Å². The Kier molecular flexibility index (Phi) is 4.19. The summed E-state index contributed by atoms with van der Waals surface area (Å²) in [6.07, 6.45) is 1.18. The van der Waals surface area contributed by atoms with Crippen LogP contribution in [0.1, 0.15) is 11.1 Å². The largest absolute Gasteiger partial charge is 0.306 e. The zero-order chi connectivity index (χ0) is 15.6. The average Bonchev–Trinajstić information content (AvgIpc) is 3.07. The minimum atomic E-state index is 0.674. The predicted octanol–water partition coefficient (Wildman–Crippen LogP) is 3.29. The molecule has 0 unspecified atom stereocenters. The summed E-state index contributed by atoms with van der Waals surface area (Å²) in [4.78, 5) is 5.26. The van der Waals surface area contributed by atoms with E-state index in [-0.39, 0.29) is 0 Å². The molecule has 0 saturated carbocycles. The third kappa shape index (κ3) is 3.19. The van der Waals surface area contributed by atoms with Crippen LogP contribution in [-0.4, -0.2) is 42.5 Å². The van der Waals surface area contributed by atoms with Gasteiger partial charge in [0, 0.05) is 32.2 Å². The second-order valence-electron chi connectivity index (χ2n) is 7.32. The van der Waals surface area contributed by atoms with Gasteiger partial charge in [0.15, 0.2) is 0 Å². The Balaban J connectivity index is 1.54. The highest BCUT2D eigenvalue weighted by atomic mass is 15.2. The van der Waals surface area contributed by atoms with Crippen LogP contribution in [0.15, 0.2) is 60.7 Å². The van der Waals surface area contributed by atoms with E-state index in [0.29, 0.717) is 6.04 Å². The third-order valence-corrected chi connectivity index (χ3v) is 5.62. The molecule has 23 heavy (non-hydrogen) atoms. The number of hydrogen-bond acceptors (Lipinski definition) is 2. The lowest BCUT2D eigenvalue weighted by molar-refractivity contribution is 0.196. The van der Waals surface area contributed by atoms with Crippen LogP contribution >= 0.6 is 0 Å². The Morgan fingerprint density at radius 1 is 0.826 bits per heavy atom. The highest BCUT2D eigenvalue weighted by molar-refractivity contribution is 5.19. The second-order valence-corrected chi connectivity index (χ2v) is 7.32. The number of benzene rings is 2. The van der Waals surface area contributed by atoms with Gasteiger partial charge in [-0.3, -0.25) is 4.90 Å². The fourth-order valence-corrected chi connectivity index (χ4v) is 4.59. The lowest BCUT2D eigenvalue weighted by atomic mass is 9.90. The predicted molar refractivity (Wildman–Crippen MR) is 95.3 cm³/mol. The van der Waals surface area contributed by atoms with Gasteiger partial charge in [0.2, 0.25) is 0 Å². The van der Waals surface area contributed by atoms with Gasteiger partial charge in [0.1, 0.15) is 0 Å². The quantitative estimate of drug-likeness (QED) is 0.855. The van der Waals surface area contributed by atoms with Crippen molar-refractivity contribution >= 4 is 0 Å². The molecular formula is C21H26N2. The van der Waals surface area contributed by atoms with Crippen LogP contribution in [0, 0.1) is 11.8 Å². The van der Waals surface area contributed by atoms with Crippen LogP contribution in [0.5, 0.6) is 0 Å². The highest BCUT2D eigenvalue weighted by Crippen LogP contribution is 2.37. The summed E-state index contributed by atoms with van der Waals surface area (Å²) < 4.78 is 0. The van der Waals surface area contributed by atoms with Gasteiger partial charge in [-0.05, 0) is 36.4 Å². The Morgan fingerprint density at radius 3 is 2.17 bits per heavy atom. The fourth-order valence-electron chi connectivity index (χ4n) is 4.59. The van der Waals surface area contributed by atoms with E-state index < -0.39 is 0 Å². The third-order valence-electron chi connectivity index (χ3n) is 5.62. The number of rotatable bonds is 4. The van der Waals surface area contributed by atoms with E-state index in [2.05, 4.69) is 77.5 Å². The van der Waals surface area contributed by atoms with E-state index >= 15 is 0 Å². The molecule has 0 aromatic heterocycles. The molecule has 0 bridgehead atoms. The molecule has 2 heterocycles. The van der Waals surface area contributed by atoms with Gasteiger partial charge in [0.25, 0.3) is 0 Å². The standard InChI is InChI=1S/C21H26N2/c1-22-14-19-15-23(13-18-10-6-3-7-11-18)21(20(19)16-22)12-17-8-4-2-5-9-17/h2-11,19-21H,12-16H2,1H3/t19-,20-,21-/m1/s1. The molecule has 0 amide bonds. The number of likely N-dealkylation sites (tertiary alicyclic amines) is 2. The van der Waals surface area contributed by atoms with Crippen molar-refractivity contribution in [1.29, 1.82) is 0 Å². The molecule has 2 heteroatoms. The van der Waals surface area contributed by atoms with Crippen molar-refractivity contribution in [2.75, 3.05) is 26.7 Å². The molecule has 0 spiro atoms. The van der Waals surface area contributed by atoms with Crippen LogP contribution in [0.4, 0.5) is 0 Å².